The van der Waals surface area contributed by atoms with Gasteiger partial charge < -0.3 is 8.83 Å². The number of halogens is 4. The Morgan fingerprint density at radius 3 is 2.68 bits per heavy atom. The highest BCUT2D eigenvalue weighted by molar-refractivity contribution is 7.15. The van der Waals surface area contributed by atoms with E-state index in [1.165, 1.54) is 24.5 Å². The van der Waals surface area contributed by atoms with Crippen molar-refractivity contribution < 1.29 is 22.0 Å². The van der Waals surface area contributed by atoms with Crippen LogP contribution in [0.5, 0.6) is 0 Å². The Hall–Kier alpha value is -3.37. The van der Waals surface area contributed by atoms with Gasteiger partial charge in [-0.25, -0.2) is 0 Å². The zero-order valence-corrected chi connectivity index (χ0v) is 16.8. The number of nitrogens with zero attached hydrogens (tertiary/aromatic N) is 3. The highest BCUT2D eigenvalue weighted by atomic mass is 35.5. The van der Waals surface area contributed by atoms with Crippen LogP contribution in [0.15, 0.2) is 62.4 Å². The molecule has 0 spiro atoms. The molecule has 0 aliphatic rings. The molecule has 5 aromatic rings. The Morgan fingerprint density at radius 1 is 1.13 bits per heavy atom. The lowest BCUT2D eigenvalue weighted by molar-refractivity contribution is -0.137. The van der Waals surface area contributed by atoms with Crippen LogP contribution >= 0.6 is 22.9 Å². The Kier molecular flexibility index (Phi) is 4.49. The molecule has 0 fully saturated rings. The summed E-state index contributed by atoms with van der Waals surface area (Å²) in [6.45, 7) is 0. The van der Waals surface area contributed by atoms with Gasteiger partial charge in [0.05, 0.1) is 16.8 Å². The number of furan rings is 2. The molecule has 0 radical (unpaired) electrons. The van der Waals surface area contributed by atoms with Crippen LogP contribution in [0.2, 0.25) is 5.02 Å². The minimum Gasteiger partial charge on any atom is -0.461 e. The van der Waals surface area contributed by atoms with Crippen LogP contribution in [-0.2, 0) is 6.18 Å². The van der Waals surface area contributed by atoms with Gasteiger partial charge in [-0.15, -0.1) is 5.10 Å². The van der Waals surface area contributed by atoms with E-state index in [-0.39, 0.29) is 22.1 Å². The summed E-state index contributed by atoms with van der Waals surface area (Å²) in [5, 5.41) is 4.26. The number of benzene rings is 1. The molecule has 11 heteroatoms. The summed E-state index contributed by atoms with van der Waals surface area (Å²) in [6, 6.07) is 9.38. The van der Waals surface area contributed by atoms with Gasteiger partial charge in [0.2, 0.25) is 10.8 Å². The van der Waals surface area contributed by atoms with E-state index in [1.807, 2.05) is 0 Å². The van der Waals surface area contributed by atoms with E-state index in [4.69, 9.17) is 20.4 Å². The molecule has 31 heavy (non-hydrogen) atoms. The molecule has 5 rings (SSSR count). The van der Waals surface area contributed by atoms with E-state index in [9.17, 15) is 18.0 Å². The molecule has 0 aliphatic carbocycles. The summed E-state index contributed by atoms with van der Waals surface area (Å²) < 4.78 is 51.3. The summed E-state index contributed by atoms with van der Waals surface area (Å²) in [5.41, 5.74) is -1.14. The lowest BCUT2D eigenvalue weighted by Gasteiger charge is -2.09. The van der Waals surface area contributed by atoms with E-state index in [0.717, 1.165) is 34.1 Å². The highest BCUT2D eigenvalue weighted by Crippen LogP contribution is 2.36. The lowest BCUT2D eigenvalue weighted by atomic mass is 10.1. The average Bonchev–Trinajstić information content (AvgIpc) is 3.49. The smallest absolute Gasteiger partial charge is 0.416 e. The number of rotatable bonds is 3. The molecule has 0 atom stereocenters. The largest absolute Gasteiger partial charge is 0.461 e. The number of aromatic nitrogens is 3. The third kappa shape index (κ3) is 3.53. The fourth-order valence-corrected chi connectivity index (χ4v) is 4.04. The standard InChI is InChI=1S/C20H9ClF3N3O3S/c21-13-5-3-10(20(22,23)24)8-12(13)14-6-4-11(30-14)9-16-18(28)27-19(31-16)25-17(26-27)15-2-1-7-29-15/h1-9H/b16-9-. The number of hydrogen-bond donors (Lipinski definition) is 0. The van der Waals surface area contributed by atoms with Crippen molar-refractivity contribution in [1.29, 1.82) is 0 Å². The zero-order chi connectivity index (χ0) is 21.8. The SMILES string of the molecule is O=c1/c(=C/c2ccc(-c3cc(C(F)(F)F)ccc3Cl)o2)sc2nc(-c3ccco3)nn12. The van der Waals surface area contributed by atoms with Crippen molar-refractivity contribution >= 4 is 34.0 Å². The van der Waals surface area contributed by atoms with Crippen molar-refractivity contribution in [3.8, 4) is 22.9 Å². The van der Waals surface area contributed by atoms with Crippen LogP contribution in [0.1, 0.15) is 11.3 Å². The van der Waals surface area contributed by atoms with Crippen LogP contribution in [0.25, 0.3) is 33.9 Å². The van der Waals surface area contributed by atoms with Crippen LogP contribution in [-0.4, -0.2) is 14.6 Å². The van der Waals surface area contributed by atoms with Gasteiger partial charge in [0.15, 0.2) is 5.76 Å². The maximum atomic E-state index is 13.0. The van der Waals surface area contributed by atoms with Gasteiger partial charge in [0.25, 0.3) is 5.56 Å². The summed E-state index contributed by atoms with van der Waals surface area (Å²) in [5.74, 6) is 1.15. The first-order chi connectivity index (χ1) is 14.8. The maximum absolute atomic E-state index is 13.0. The lowest BCUT2D eigenvalue weighted by Crippen LogP contribution is -2.23. The first-order valence-electron chi connectivity index (χ1n) is 8.72. The van der Waals surface area contributed by atoms with Crippen molar-refractivity contribution in [2.24, 2.45) is 0 Å². The third-order valence-electron chi connectivity index (χ3n) is 4.38. The number of hydrogen-bond acceptors (Lipinski definition) is 6. The molecule has 0 saturated heterocycles. The molecule has 0 amide bonds. The van der Waals surface area contributed by atoms with Crippen molar-refractivity contribution in [3.63, 3.8) is 0 Å². The summed E-state index contributed by atoms with van der Waals surface area (Å²) in [4.78, 5) is 17.3. The third-order valence-corrected chi connectivity index (χ3v) is 5.67. The topological polar surface area (TPSA) is 73.5 Å². The molecular weight excluding hydrogens is 455 g/mol. The molecule has 0 unspecified atom stereocenters. The Morgan fingerprint density at radius 2 is 1.97 bits per heavy atom. The number of fused-ring (bicyclic) bond motifs is 1. The number of thiazole rings is 1. The first kappa shape index (κ1) is 19.6. The minimum absolute atomic E-state index is 0.101. The van der Waals surface area contributed by atoms with Crippen molar-refractivity contribution in [2.45, 2.75) is 6.18 Å². The molecule has 4 aromatic heterocycles. The molecule has 4 heterocycles. The average molecular weight is 464 g/mol. The van der Waals surface area contributed by atoms with E-state index >= 15 is 0 Å². The quantitative estimate of drug-likeness (QED) is 0.381. The van der Waals surface area contributed by atoms with Crippen LogP contribution in [0.4, 0.5) is 13.2 Å². The molecule has 0 bridgehead atoms. The second-order valence-corrected chi connectivity index (χ2v) is 7.83. The second-order valence-electron chi connectivity index (χ2n) is 6.42. The van der Waals surface area contributed by atoms with Crippen LogP contribution < -0.4 is 10.1 Å². The predicted octanol–water partition coefficient (Wildman–Crippen LogP) is 4.89. The normalized spacial score (nSPS) is 12.8. The van der Waals surface area contributed by atoms with Crippen molar-refractivity contribution in [3.05, 3.63) is 80.0 Å². The minimum atomic E-state index is -4.51. The summed E-state index contributed by atoms with van der Waals surface area (Å²) >= 11 is 7.15. The van der Waals surface area contributed by atoms with Gasteiger partial charge in [-0.3, -0.25) is 4.79 Å². The van der Waals surface area contributed by atoms with Crippen LogP contribution in [0, 0.1) is 0 Å². The van der Waals surface area contributed by atoms with Gasteiger partial charge in [0, 0.05) is 11.6 Å². The van der Waals surface area contributed by atoms with Gasteiger partial charge in [0.1, 0.15) is 16.1 Å². The van der Waals surface area contributed by atoms with Gasteiger partial charge in [-0.1, -0.05) is 22.9 Å². The van der Waals surface area contributed by atoms with E-state index < -0.39 is 17.3 Å². The molecule has 1 aromatic carbocycles. The molecule has 6 nitrogen and oxygen atoms in total. The fourth-order valence-electron chi connectivity index (χ4n) is 2.94. The first-order valence-corrected chi connectivity index (χ1v) is 9.91. The summed E-state index contributed by atoms with van der Waals surface area (Å²) in [7, 11) is 0. The molecule has 0 saturated carbocycles. The molecule has 0 aliphatic heterocycles. The Labute approximate surface area is 179 Å². The second kappa shape index (κ2) is 7.10. The van der Waals surface area contributed by atoms with Crippen LogP contribution in [0.3, 0.4) is 0 Å². The maximum Gasteiger partial charge on any atom is 0.416 e. The van der Waals surface area contributed by atoms with E-state index in [1.54, 1.807) is 12.1 Å². The molecule has 0 N–H and O–H groups in total. The van der Waals surface area contributed by atoms with Crippen molar-refractivity contribution in [1.82, 2.24) is 14.6 Å². The highest BCUT2D eigenvalue weighted by Gasteiger charge is 2.31. The fraction of sp³-hybridized carbons (Fsp3) is 0.0500. The molecule has 156 valence electrons. The molecular formula is C20H9ClF3N3O3S. The predicted molar refractivity (Wildman–Crippen MR) is 108 cm³/mol. The van der Waals surface area contributed by atoms with Gasteiger partial charge in [-0.05, 0) is 42.5 Å². The van der Waals surface area contributed by atoms with Gasteiger partial charge in [-0.2, -0.15) is 22.7 Å². The Bertz CT molecular complexity index is 1520. The van der Waals surface area contributed by atoms with Gasteiger partial charge >= 0.3 is 6.18 Å². The summed E-state index contributed by atoms with van der Waals surface area (Å²) in [6.07, 6.45) is -1.56. The van der Waals surface area contributed by atoms with Crippen molar-refractivity contribution in [2.75, 3.05) is 0 Å². The van der Waals surface area contributed by atoms with E-state index in [0.29, 0.717) is 21.1 Å². The monoisotopic (exact) mass is 463 g/mol. The number of alkyl halides is 3. The zero-order valence-electron chi connectivity index (χ0n) is 15.2. The Balaban J connectivity index is 1.52. The van der Waals surface area contributed by atoms with E-state index in [2.05, 4.69) is 10.1 Å².